The van der Waals surface area contributed by atoms with Gasteiger partial charge in [0, 0.05) is 11.1 Å². The molecular weight excluding hydrogens is 220 g/mol. The molecule has 0 amide bonds. The topological polar surface area (TPSA) is 34.1 Å². The second-order valence-corrected chi connectivity index (χ2v) is 3.10. The van der Waals surface area contributed by atoms with Crippen LogP contribution in [0.1, 0.15) is 27.6 Å². The molecule has 1 aromatic carbocycles. The average Bonchev–Trinajstić information content (AvgIpc) is 2.04. The predicted octanol–water partition coefficient (Wildman–Crippen LogP) is 2.42. The molecule has 12 heavy (non-hydrogen) atoms. The van der Waals surface area contributed by atoms with Gasteiger partial charge in [-0.2, -0.15) is 0 Å². The SMILES string of the molecule is CC(=O)c1ccccc1C(=O)Br. The molecule has 0 saturated heterocycles. The first-order chi connectivity index (χ1) is 5.63. The molecule has 62 valence electrons. The highest BCUT2D eigenvalue weighted by Crippen LogP contribution is 2.12. The summed E-state index contributed by atoms with van der Waals surface area (Å²) >= 11 is 2.81. The van der Waals surface area contributed by atoms with Crippen LogP contribution >= 0.6 is 15.9 Å². The van der Waals surface area contributed by atoms with Crippen LogP contribution in [-0.4, -0.2) is 10.5 Å². The molecule has 0 spiro atoms. The van der Waals surface area contributed by atoms with Gasteiger partial charge in [-0.15, -0.1) is 0 Å². The summed E-state index contributed by atoms with van der Waals surface area (Å²) in [6.45, 7) is 1.44. The van der Waals surface area contributed by atoms with Crippen molar-refractivity contribution in [3.8, 4) is 0 Å². The Kier molecular flexibility index (Phi) is 2.76. The maximum Gasteiger partial charge on any atom is 0.228 e. The minimum atomic E-state index is -0.256. The van der Waals surface area contributed by atoms with Crippen molar-refractivity contribution in [2.75, 3.05) is 0 Å². The molecule has 2 nitrogen and oxygen atoms in total. The lowest BCUT2D eigenvalue weighted by molar-refractivity contribution is 0.100. The van der Waals surface area contributed by atoms with E-state index < -0.39 is 0 Å². The zero-order chi connectivity index (χ0) is 9.14. The molecule has 0 bridgehead atoms. The van der Waals surface area contributed by atoms with Crippen molar-refractivity contribution >= 4 is 26.4 Å². The number of benzene rings is 1. The Morgan fingerprint density at radius 1 is 1.17 bits per heavy atom. The van der Waals surface area contributed by atoms with Crippen molar-refractivity contribution in [2.24, 2.45) is 0 Å². The summed E-state index contributed by atoms with van der Waals surface area (Å²) in [6.07, 6.45) is 0. The normalized spacial score (nSPS) is 9.50. The van der Waals surface area contributed by atoms with Crippen molar-refractivity contribution in [3.05, 3.63) is 35.4 Å². The third-order valence-corrected chi connectivity index (χ3v) is 1.95. The van der Waals surface area contributed by atoms with Crippen LogP contribution in [0.25, 0.3) is 0 Å². The van der Waals surface area contributed by atoms with Gasteiger partial charge in [0.25, 0.3) is 0 Å². The van der Waals surface area contributed by atoms with E-state index in [2.05, 4.69) is 15.9 Å². The minimum Gasteiger partial charge on any atom is -0.294 e. The van der Waals surface area contributed by atoms with Crippen molar-refractivity contribution < 1.29 is 9.59 Å². The lowest BCUT2D eigenvalue weighted by Crippen LogP contribution is -2.00. The molecule has 0 aliphatic heterocycles. The van der Waals surface area contributed by atoms with Gasteiger partial charge in [-0.05, 0) is 28.9 Å². The van der Waals surface area contributed by atoms with Crippen LogP contribution in [0.4, 0.5) is 0 Å². The van der Waals surface area contributed by atoms with E-state index in [1.165, 1.54) is 6.92 Å². The molecular formula is C9H7BrO2. The number of halogens is 1. The van der Waals surface area contributed by atoms with E-state index in [4.69, 9.17) is 0 Å². The third-order valence-electron chi connectivity index (χ3n) is 1.52. The first kappa shape index (κ1) is 9.13. The molecule has 3 heteroatoms. The van der Waals surface area contributed by atoms with Gasteiger partial charge in [0.05, 0.1) is 0 Å². The Labute approximate surface area is 78.7 Å². The van der Waals surface area contributed by atoms with E-state index in [1.807, 2.05) is 0 Å². The maximum absolute atomic E-state index is 11.0. The minimum absolute atomic E-state index is 0.0987. The second-order valence-electron chi connectivity index (χ2n) is 2.38. The van der Waals surface area contributed by atoms with Crippen molar-refractivity contribution in [1.29, 1.82) is 0 Å². The lowest BCUT2D eigenvalue weighted by Gasteiger charge is -1.99. The molecule has 1 rings (SSSR count). The second kappa shape index (κ2) is 3.63. The molecule has 0 heterocycles. The highest BCUT2D eigenvalue weighted by atomic mass is 79.9. The highest BCUT2D eigenvalue weighted by molar-refractivity contribution is 9.18. The highest BCUT2D eigenvalue weighted by Gasteiger charge is 2.09. The Bertz CT molecular complexity index is 298. The first-order valence-corrected chi connectivity index (χ1v) is 4.22. The molecule has 1 aromatic rings. The van der Waals surface area contributed by atoms with Crippen LogP contribution < -0.4 is 0 Å². The Hall–Kier alpha value is -0.960. The summed E-state index contributed by atoms with van der Waals surface area (Å²) in [5.41, 5.74) is 0.879. The van der Waals surface area contributed by atoms with Crippen LogP contribution in [0.3, 0.4) is 0 Å². The zero-order valence-electron chi connectivity index (χ0n) is 6.50. The molecule has 0 unspecified atom stereocenters. The number of hydrogen-bond donors (Lipinski definition) is 0. The summed E-state index contributed by atoms with van der Waals surface area (Å²) in [6, 6.07) is 6.71. The Morgan fingerprint density at radius 3 is 2.00 bits per heavy atom. The van der Waals surface area contributed by atoms with Crippen LogP contribution in [0, 0.1) is 0 Å². The molecule has 0 fully saturated rings. The number of ketones is 1. The van der Waals surface area contributed by atoms with Gasteiger partial charge in [0.1, 0.15) is 0 Å². The smallest absolute Gasteiger partial charge is 0.228 e. The van der Waals surface area contributed by atoms with E-state index in [9.17, 15) is 9.59 Å². The van der Waals surface area contributed by atoms with Gasteiger partial charge < -0.3 is 0 Å². The number of hydrogen-bond acceptors (Lipinski definition) is 2. The fourth-order valence-corrected chi connectivity index (χ4v) is 1.31. The number of carbonyl (C=O) groups is 2. The van der Waals surface area contributed by atoms with E-state index in [0.717, 1.165) is 0 Å². The van der Waals surface area contributed by atoms with Gasteiger partial charge in [0.2, 0.25) is 4.69 Å². The van der Waals surface area contributed by atoms with Gasteiger partial charge >= 0.3 is 0 Å². The molecule has 0 N–H and O–H groups in total. The summed E-state index contributed by atoms with van der Waals surface area (Å²) in [5, 5.41) is 0. The third kappa shape index (κ3) is 1.80. The molecule has 0 aliphatic rings. The van der Waals surface area contributed by atoms with Crippen LogP contribution in [0.5, 0.6) is 0 Å². The number of rotatable bonds is 2. The molecule has 0 aromatic heterocycles. The van der Waals surface area contributed by atoms with Gasteiger partial charge in [-0.25, -0.2) is 0 Å². The van der Waals surface area contributed by atoms with Gasteiger partial charge in [-0.3, -0.25) is 9.59 Å². The van der Waals surface area contributed by atoms with Crippen LogP contribution in [-0.2, 0) is 0 Å². The van der Waals surface area contributed by atoms with E-state index in [-0.39, 0.29) is 10.5 Å². The molecule has 0 atom stereocenters. The summed E-state index contributed by atoms with van der Waals surface area (Å²) < 4.78 is -0.256. The number of Topliss-reactive ketones (excluding diaryl/α,β-unsaturated/α-hetero) is 1. The van der Waals surface area contributed by atoms with Crippen LogP contribution in [0.15, 0.2) is 24.3 Å². The van der Waals surface area contributed by atoms with Crippen molar-refractivity contribution in [1.82, 2.24) is 0 Å². The Morgan fingerprint density at radius 2 is 1.67 bits per heavy atom. The van der Waals surface area contributed by atoms with Gasteiger partial charge in [0.15, 0.2) is 5.78 Å². The van der Waals surface area contributed by atoms with Gasteiger partial charge in [-0.1, -0.05) is 18.2 Å². The van der Waals surface area contributed by atoms with Crippen molar-refractivity contribution in [3.63, 3.8) is 0 Å². The largest absolute Gasteiger partial charge is 0.294 e. The Balaban J connectivity index is 3.27. The molecule has 0 aliphatic carbocycles. The van der Waals surface area contributed by atoms with E-state index in [0.29, 0.717) is 11.1 Å². The zero-order valence-corrected chi connectivity index (χ0v) is 8.09. The summed E-state index contributed by atoms with van der Waals surface area (Å²) in [4.78, 5) is 21.9. The number of carbonyl (C=O) groups excluding carboxylic acids is 2. The quantitative estimate of drug-likeness (QED) is 0.574. The predicted molar refractivity (Wildman–Crippen MR) is 49.7 cm³/mol. The van der Waals surface area contributed by atoms with E-state index >= 15 is 0 Å². The standard InChI is InChI=1S/C9H7BrO2/c1-6(11)7-4-2-3-5-8(7)9(10)12/h2-5H,1H3. The fourth-order valence-electron chi connectivity index (χ4n) is 0.962. The van der Waals surface area contributed by atoms with E-state index in [1.54, 1.807) is 24.3 Å². The first-order valence-electron chi connectivity index (χ1n) is 3.42. The maximum atomic E-state index is 11.0. The van der Waals surface area contributed by atoms with Crippen molar-refractivity contribution in [2.45, 2.75) is 6.92 Å². The van der Waals surface area contributed by atoms with Crippen LogP contribution in [0.2, 0.25) is 0 Å². The lowest BCUT2D eigenvalue weighted by atomic mass is 10.1. The molecule has 0 radical (unpaired) electrons. The summed E-state index contributed by atoms with van der Waals surface area (Å²) in [5.74, 6) is -0.0987. The molecule has 0 saturated carbocycles. The monoisotopic (exact) mass is 226 g/mol. The fraction of sp³-hybridized carbons (Fsp3) is 0.111. The average molecular weight is 227 g/mol. The summed E-state index contributed by atoms with van der Waals surface area (Å²) in [7, 11) is 0.